The minimum absolute atomic E-state index is 0.0632. The van der Waals surface area contributed by atoms with E-state index in [2.05, 4.69) is 4.98 Å². The first-order chi connectivity index (χ1) is 8.56. The van der Waals surface area contributed by atoms with Crippen molar-refractivity contribution in [1.29, 1.82) is 0 Å². The fourth-order valence-electron chi connectivity index (χ4n) is 1.60. The Labute approximate surface area is 111 Å². The number of aryl methyl sites for hydroxylation is 2. The number of anilines is 1. The van der Waals surface area contributed by atoms with E-state index in [1.807, 2.05) is 43.5 Å². The molecule has 0 aliphatic heterocycles. The number of likely N-dealkylation sites (N-methyl/N-ethyl adjacent to an activating group) is 1. The molecule has 0 fully saturated rings. The summed E-state index contributed by atoms with van der Waals surface area (Å²) in [5, 5.41) is 2.70. The zero-order valence-corrected chi connectivity index (χ0v) is 11.6. The molecule has 94 valence electrons. The second-order valence-corrected chi connectivity index (χ2v) is 5.22. The second kappa shape index (κ2) is 5.31. The molecule has 0 radical (unpaired) electrons. The Morgan fingerprint density at radius 3 is 2.50 bits per heavy atom. The molecule has 3 nitrogen and oxygen atoms in total. The molecule has 0 unspecified atom stereocenters. The van der Waals surface area contributed by atoms with Gasteiger partial charge in [-0.05, 0) is 19.4 Å². The van der Waals surface area contributed by atoms with Crippen LogP contribution in [0.5, 0.6) is 0 Å². The van der Waals surface area contributed by atoms with Crippen LogP contribution in [0.25, 0.3) is 0 Å². The number of carbonyl (C=O) groups is 1. The molecule has 0 spiro atoms. The maximum atomic E-state index is 12.1. The molecule has 1 aromatic carbocycles. The summed E-state index contributed by atoms with van der Waals surface area (Å²) in [6, 6.07) is 8.04. The molecule has 0 aliphatic carbocycles. The number of benzene rings is 1. The van der Waals surface area contributed by atoms with Gasteiger partial charge in [-0.1, -0.05) is 29.8 Å². The molecule has 0 atom stereocenters. The van der Waals surface area contributed by atoms with Gasteiger partial charge in [0, 0.05) is 12.4 Å². The molecule has 0 saturated carbocycles. The summed E-state index contributed by atoms with van der Waals surface area (Å²) >= 11 is 1.49. The highest BCUT2D eigenvalue weighted by Gasteiger charge is 2.14. The summed E-state index contributed by atoms with van der Waals surface area (Å²) in [7, 11) is 1.77. The lowest BCUT2D eigenvalue weighted by molar-refractivity contribution is -0.117. The normalized spacial score (nSPS) is 10.4. The first-order valence-electron chi connectivity index (χ1n) is 5.80. The van der Waals surface area contributed by atoms with E-state index in [1.165, 1.54) is 16.9 Å². The van der Waals surface area contributed by atoms with Crippen LogP contribution in [0, 0.1) is 13.8 Å². The summed E-state index contributed by atoms with van der Waals surface area (Å²) in [4.78, 5) is 18.0. The van der Waals surface area contributed by atoms with Crippen LogP contribution in [0.2, 0.25) is 0 Å². The zero-order chi connectivity index (χ0) is 13.1. The Morgan fingerprint density at radius 1 is 1.28 bits per heavy atom. The third-order valence-corrected chi connectivity index (χ3v) is 3.78. The number of hydrogen-bond donors (Lipinski definition) is 0. The molecule has 2 aromatic rings. The summed E-state index contributed by atoms with van der Waals surface area (Å²) in [6.07, 6.45) is 0.412. The number of nitrogens with zero attached hydrogens (tertiary/aromatic N) is 2. The van der Waals surface area contributed by atoms with Gasteiger partial charge < -0.3 is 0 Å². The van der Waals surface area contributed by atoms with Crippen molar-refractivity contribution in [3.8, 4) is 0 Å². The van der Waals surface area contributed by atoms with Gasteiger partial charge >= 0.3 is 0 Å². The van der Waals surface area contributed by atoms with E-state index in [0.717, 1.165) is 16.4 Å². The molecule has 1 amide bonds. The molecule has 0 bridgehead atoms. The van der Waals surface area contributed by atoms with Crippen LogP contribution in [0.4, 0.5) is 5.13 Å². The quantitative estimate of drug-likeness (QED) is 0.850. The summed E-state index contributed by atoms with van der Waals surface area (Å²) in [5.41, 5.74) is 3.19. The van der Waals surface area contributed by atoms with Gasteiger partial charge in [-0.15, -0.1) is 11.3 Å². The highest BCUT2D eigenvalue weighted by atomic mass is 32.1. The monoisotopic (exact) mass is 260 g/mol. The van der Waals surface area contributed by atoms with E-state index in [1.54, 1.807) is 11.9 Å². The third-order valence-electron chi connectivity index (χ3n) is 2.74. The predicted octanol–water partition coefficient (Wildman–Crippen LogP) is 2.97. The van der Waals surface area contributed by atoms with Crippen LogP contribution in [-0.2, 0) is 11.2 Å². The highest BCUT2D eigenvalue weighted by Crippen LogP contribution is 2.19. The number of rotatable bonds is 3. The van der Waals surface area contributed by atoms with Crippen LogP contribution in [0.3, 0.4) is 0 Å². The molecule has 4 heteroatoms. The fraction of sp³-hybridized carbons (Fsp3) is 0.286. The topological polar surface area (TPSA) is 33.2 Å². The zero-order valence-electron chi connectivity index (χ0n) is 10.8. The molecule has 0 N–H and O–H groups in total. The molecule has 1 aromatic heterocycles. The lowest BCUT2D eigenvalue weighted by Gasteiger charge is -2.13. The fourth-order valence-corrected chi connectivity index (χ4v) is 2.39. The Balaban J connectivity index is 2.05. The van der Waals surface area contributed by atoms with Crippen molar-refractivity contribution in [3.05, 3.63) is 46.5 Å². The summed E-state index contributed by atoms with van der Waals surface area (Å²) in [5.74, 6) is 0.0632. The molecule has 0 saturated heterocycles. The average Bonchev–Trinajstić information content (AvgIpc) is 2.78. The molecule has 1 heterocycles. The number of hydrogen-bond acceptors (Lipinski definition) is 3. The van der Waals surface area contributed by atoms with Crippen molar-refractivity contribution in [2.45, 2.75) is 20.3 Å². The SMILES string of the molecule is Cc1ccc(CC(=O)N(C)c2nc(C)cs2)cc1. The maximum absolute atomic E-state index is 12.1. The van der Waals surface area contributed by atoms with Gasteiger partial charge in [0.2, 0.25) is 5.91 Å². The standard InChI is InChI=1S/C14H16N2OS/c1-10-4-6-12(7-5-10)8-13(17)16(3)14-15-11(2)9-18-14/h4-7,9H,8H2,1-3H3. The van der Waals surface area contributed by atoms with E-state index in [-0.39, 0.29) is 5.91 Å². The van der Waals surface area contributed by atoms with Gasteiger partial charge in [0.1, 0.15) is 0 Å². The molecule has 2 rings (SSSR count). The van der Waals surface area contributed by atoms with Crippen molar-refractivity contribution in [2.75, 3.05) is 11.9 Å². The van der Waals surface area contributed by atoms with Crippen LogP contribution in [0.1, 0.15) is 16.8 Å². The number of aromatic nitrogens is 1. The van der Waals surface area contributed by atoms with Crippen LogP contribution in [-0.4, -0.2) is 17.9 Å². The van der Waals surface area contributed by atoms with Crippen molar-refractivity contribution in [2.24, 2.45) is 0 Å². The van der Waals surface area contributed by atoms with Gasteiger partial charge in [0.15, 0.2) is 5.13 Å². The van der Waals surface area contributed by atoms with Gasteiger partial charge in [0.25, 0.3) is 0 Å². The van der Waals surface area contributed by atoms with E-state index < -0.39 is 0 Å². The minimum atomic E-state index is 0.0632. The average molecular weight is 260 g/mol. The van der Waals surface area contributed by atoms with E-state index in [9.17, 15) is 4.79 Å². The lowest BCUT2D eigenvalue weighted by Crippen LogP contribution is -2.27. The van der Waals surface area contributed by atoms with Crippen molar-refractivity contribution < 1.29 is 4.79 Å². The van der Waals surface area contributed by atoms with E-state index >= 15 is 0 Å². The molecule has 0 aliphatic rings. The van der Waals surface area contributed by atoms with Gasteiger partial charge in [0.05, 0.1) is 12.1 Å². The first kappa shape index (κ1) is 12.8. The van der Waals surface area contributed by atoms with E-state index in [0.29, 0.717) is 6.42 Å². The number of carbonyl (C=O) groups excluding carboxylic acids is 1. The maximum Gasteiger partial charge on any atom is 0.232 e. The van der Waals surface area contributed by atoms with Crippen molar-refractivity contribution >= 4 is 22.4 Å². The Hall–Kier alpha value is -1.68. The predicted molar refractivity (Wildman–Crippen MR) is 75.1 cm³/mol. The Kier molecular flexibility index (Phi) is 3.77. The summed E-state index contributed by atoms with van der Waals surface area (Å²) < 4.78 is 0. The highest BCUT2D eigenvalue weighted by molar-refractivity contribution is 7.14. The van der Waals surface area contributed by atoms with Crippen LogP contribution in [0.15, 0.2) is 29.6 Å². The second-order valence-electron chi connectivity index (χ2n) is 4.39. The largest absolute Gasteiger partial charge is 0.291 e. The van der Waals surface area contributed by atoms with Gasteiger partial charge in [-0.25, -0.2) is 4.98 Å². The third kappa shape index (κ3) is 2.96. The van der Waals surface area contributed by atoms with Crippen LogP contribution >= 0.6 is 11.3 Å². The van der Waals surface area contributed by atoms with Crippen LogP contribution < -0.4 is 4.90 Å². The molecular formula is C14H16N2OS. The Morgan fingerprint density at radius 2 is 1.94 bits per heavy atom. The smallest absolute Gasteiger partial charge is 0.232 e. The Bertz CT molecular complexity index is 545. The lowest BCUT2D eigenvalue weighted by atomic mass is 10.1. The minimum Gasteiger partial charge on any atom is -0.291 e. The molecule has 18 heavy (non-hydrogen) atoms. The first-order valence-corrected chi connectivity index (χ1v) is 6.68. The van der Waals surface area contributed by atoms with Gasteiger partial charge in [-0.2, -0.15) is 0 Å². The van der Waals surface area contributed by atoms with Crippen molar-refractivity contribution in [1.82, 2.24) is 4.98 Å². The van der Waals surface area contributed by atoms with Crippen molar-refractivity contribution in [3.63, 3.8) is 0 Å². The number of amides is 1. The number of thiazole rings is 1. The summed E-state index contributed by atoms with van der Waals surface area (Å²) in [6.45, 7) is 3.97. The molecular weight excluding hydrogens is 244 g/mol. The van der Waals surface area contributed by atoms with Gasteiger partial charge in [-0.3, -0.25) is 9.69 Å². The van der Waals surface area contributed by atoms with E-state index in [4.69, 9.17) is 0 Å².